The third-order valence-corrected chi connectivity index (χ3v) is 3.78. The van der Waals surface area contributed by atoms with Crippen LogP contribution in [-0.4, -0.2) is 54.0 Å². The molecule has 0 saturated carbocycles. The van der Waals surface area contributed by atoms with Crippen molar-refractivity contribution in [1.29, 1.82) is 0 Å². The summed E-state index contributed by atoms with van der Waals surface area (Å²) in [6.07, 6.45) is 4.07. The van der Waals surface area contributed by atoms with Crippen molar-refractivity contribution >= 4 is 11.9 Å². The Labute approximate surface area is 149 Å². The average molecular weight is 347 g/mol. The Morgan fingerprint density at radius 3 is 2.68 bits per heavy atom. The number of ether oxygens (including phenoxy) is 1. The predicted molar refractivity (Wildman–Crippen MR) is 98.6 cm³/mol. The zero-order chi connectivity index (χ0) is 18.1. The minimum Gasteiger partial charge on any atom is -0.475 e. The number of carbonyl (C=O) groups is 1. The first-order chi connectivity index (χ1) is 12.1. The maximum atomic E-state index is 12.1. The van der Waals surface area contributed by atoms with Crippen molar-refractivity contribution in [3.8, 4) is 5.88 Å². The molecule has 0 bridgehead atoms. The normalized spacial score (nSPS) is 14.7. The molecule has 1 amide bonds. The van der Waals surface area contributed by atoms with E-state index in [4.69, 9.17) is 4.74 Å². The lowest BCUT2D eigenvalue weighted by molar-refractivity contribution is -0.128. The van der Waals surface area contributed by atoms with Gasteiger partial charge in [-0.15, -0.1) is 0 Å². The topological polar surface area (TPSA) is 78.9 Å². The monoisotopic (exact) mass is 347 g/mol. The summed E-state index contributed by atoms with van der Waals surface area (Å²) >= 11 is 0. The highest BCUT2D eigenvalue weighted by molar-refractivity contribution is 5.86. The second-order valence-electron chi connectivity index (χ2n) is 6.31. The van der Waals surface area contributed by atoms with Gasteiger partial charge in [-0.25, -0.2) is 9.98 Å². The summed E-state index contributed by atoms with van der Waals surface area (Å²) in [5.41, 5.74) is 0.985. The third-order valence-electron chi connectivity index (χ3n) is 3.78. The Morgan fingerprint density at radius 2 is 2.08 bits per heavy atom. The Kier molecular flexibility index (Phi) is 7.50. The number of likely N-dealkylation sites (tertiary alicyclic amines) is 1. The van der Waals surface area contributed by atoms with Crippen molar-refractivity contribution in [3.05, 3.63) is 23.9 Å². The number of aromatic nitrogens is 1. The first kappa shape index (κ1) is 19.0. The standard InChI is InChI=1S/C18H29N5O2/c1-4-19-18(22-13-17(24)23-9-5-6-10-23)21-12-15-7-8-16(20-11-15)25-14(2)3/h7-8,11,14H,4-6,9-10,12-13H2,1-3H3,(H2,19,21,22). The van der Waals surface area contributed by atoms with E-state index in [1.54, 1.807) is 6.20 Å². The van der Waals surface area contributed by atoms with Gasteiger partial charge in [-0.2, -0.15) is 0 Å². The van der Waals surface area contributed by atoms with Crippen LogP contribution < -0.4 is 15.4 Å². The maximum Gasteiger partial charge on any atom is 0.241 e. The summed E-state index contributed by atoms with van der Waals surface area (Å²) in [6.45, 7) is 9.17. The van der Waals surface area contributed by atoms with E-state index < -0.39 is 0 Å². The largest absolute Gasteiger partial charge is 0.475 e. The summed E-state index contributed by atoms with van der Waals surface area (Å²) in [5.74, 6) is 1.38. The van der Waals surface area contributed by atoms with Gasteiger partial charge in [0.25, 0.3) is 0 Å². The van der Waals surface area contributed by atoms with E-state index in [1.807, 2.05) is 37.8 Å². The Balaban J connectivity index is 1.86. The molecule has 0 spiro atoms. The van der Waals surface area contributed by atoms with Gasteiger partial charge in [-0.05, 0) is 39.2 Å². The van der Waals surface area contributed by atoms with Gasteiger partial charge in [0.15, 0.2) is 5.96 Å². The van der Waals surface area contributed by atoms with Crippen LogP contribution in [0.4, 0.5) is 0 Å². The van der Waals surface area contributed by atoms with Gasteiger partial charge in [0.1, 0.15) is 0 Å². The highest BCUT2D eigenvalue weighted by Crippen LogP contribution is 2.10. The molecule has 1 aromatic rings. The van der Waals surface area contributed by atoms with Crippen molar-refractivity contribution in [2.24, 2.45) is 4.99 Å². The number of carbonyl (C=O) groups excluding carboxylic acids is 1. The molecule has 2 rings (SSSR count). The van der Waals surface area contributed by atoms with Crippen LogP contribution in [-0.2, 0) is 11.3 Å². The van der Waals surface area contributed by atoms with Gasteiger partial charge >= 0.3 is 0 Å². The molecular weight excluding hydrogens is 318 g/mol. The molecule has 0 aromatic carbocycles. The first-order valence-corrected chi connectivity index (χ1v) is 9.00. The maximum absolute atomic E-state index is 12.1. The SMILES string of the molecule is CCNC(=NCc1ccc(OC(C)C)nc1)NCC(=O)N1CCCC1. The van der Waals surface area contributed by atoms with Crippen molar-refractivity contribution in [3.63, 3.8) is 0 Å². The van der Waals surface area contributed by atoms with Gasteiger partial charge in [-0.3, -0.25) is 4.79 Å². The van der Waals surface area contributed by atoms with E-state index in [0.717, 1.165) is 38.0 Å². The van der Waals surface area contributed by atoms with Crippen LogP contribution in [0.3, 0.4) is 0 Å². The second-order valence-corrected chi connectivity index (χ2v) is 6.31. The van der Waals surface area contributed by atoms with E-state index in [9.17, 15) is 4.79 Å². The van der Waals surface area contributed by atoms with Gasteiger partial charge < -0.3 is 20.3 Å². The molecule has 1 aliphatic heterocycles. The molecule has 1 saturated heterocycles. The fourth-order valence-corrected chi connectivity index (χ4v) is 2.57. The van der Waals surface area contributed by atoms with Crippen LogP contribution in [0, 0.1) is 0 Å². The third kappa shape index (κ3) is 6.60. The number of amides is 1. The van der Waals surface area contributed by atoms with Crippen molar-refractivity contribution in [1.82, 2.24) is 20.5 Å². The van der Waals surface area contributed by atoms with Crippen LogP contribution in [0.5, 0.6) is 5.88 Å². The van der Waals surface area contributed by atoms with Crippen LogP contribution in [0.1, 0.15) is 39.2 Å². The smallest absolute Gasteiger partial charge is 0.241 e. The summed E-state index contributed by atoms with van der Waals surface area (Å²) in [6, 6.07) is 3.80. The van der Waals surface area contributed by atoms with Crippen molar-refractivity contribution in [2.75, 3.05) is 26.2 Å². The number of guanidine groups is 1. The quantitative estimate of drug-likeness (QED) is 0.578. The first-order valence-electron chi connectivity index (χ1n) is 9.00. The molecule has 0 atom stereocenters. The molecule has 1 aromatic heterocycles. The second kappa shape index (κ2) is 9.86. The number of rotatable bonds is 7. The molecule has 2 heterocycles. The molecule has 0 unspecified atom stereocenters. The van der Waals surface area contributed by atoms with E-state index in [0.29, 0.717) is 18.4 Å². The van der Waals surface area contributed by atoms with E-state index in [1.165, 1.54) is 0 Å². The predicted octanol–water partition coefficient (Wildman–Crippen LogP) is 1.55. The van der Waals surface area contributed by atoms with Crippen LogP contribution in [0.25, 0.3) is 0 Å². The molecule has 138 valence electrons. The molecule has 25 heavy (non-hydrogen) atoms. The molecule has 0 aliphatic carbocycles. The summed E-state index contributed by atoms with van der Waals surface area (Å²) < 4.78 is 5.53. The van der Waals surface area contributed by atoms with Gasteiger partial charge in [-0.1, -0.05) is 6.07 Å². The zero-order valence-electron chi connectivity index (χ0n) is 15.4. The molecule has 1 aliphatic rings. The number of hydrogen-bond donors (Lipinski definition) is 2. The fourth-order valence-electron chi connectivity index (χ4n) is 2.57. The van der Waals surface area contributed by atoms with E-state index >= 15 is 0 Å². The number of aliphatic imine (C=N–C) groups is 1. The average Bonchev–Trinajstić information content (AvgIpc) is 3.12. The van der Waals surface area contributed by atoms with Crippen LogP contribution in [0.15, 0.2) is 23.3 Å². The number of pyridine rings is 1. The lowest BCUT2D eigenvalue weighted by Gasteiger charge is -2.17. The molecule has 7 nitrogen and oxygen atoms in total. The van der Waals surface area contributed by atoms with Gasteiger partial charge in [0.2, 0.25) is 11.8 Å². The zero-order valence-corrected chi connectivity index (χ0v) is 15.4. The van der Waals surface area contributed by atoms with Crippen LogP contribution >= 0.6 is 0 Å². The van der Waals surface area contributed by atoms with Gasteiger partial charge in [0, 0.05) is 31.9 Å². The van der Waals surface area contributed by atoms with E-state index in [-0.39, 0.29) is 18.6 Å². The lowest BCUT2D eigenvalue weighted by Crippen LogP contribution is -2.44. The lowest BCUT2D eigenvalue weighted by atomic mass is 10.3. The minimum absolute atomic E-state index is 0.106. The fraction of sp³-hybridized carbons (Fsp3) is 0.611. The molecule has 7 heteroatoms. The number of nitrogens with zero attached hydrogens (tertiary/aromatic N) is 3. The minimum atomic E-state index is 0.106. The summed E-state index contributed by atoms with van der Waals surface area (Å²) in [5, 5.41) is 6.27. The molecular formula is C18H29N5O2. The Hall–Kier alpha value is -2.31. The highest BCUT2D eigenvalue weighted by atomic mass is 16.5. The van der Waals surface area contributed by atoms with Crippen molar-refractivity contribution in [2.45, 2.75) is 46.3 Å². The van der Waals surface area contributed by atoms with Gasteiger partial charge in [0.05, 0.1) is 19.2 Å². The number of nitrogens with one attached hydrogen (secondary N) is 2. The molecule has 1 fully saturated rings. The molecule has 2 N–H and O–H groups in total. The van der Waals surface area contributed by atoms with Crippen molar-refractivity contribution < 1.29 is 9.53 Å². The Morgan fingerprint density at radius 1 is 1.32 bits per heavy atom. The molecule has 0 radical (unpaired) electrons. The summed E-state index contributed by atoms with van der Waals surface area (Å²) in [4.78, 5) is 22.8. The summed E-state index contributed by atoms with van der Waals surface area (Å²) in [7, 11) is 0. The highest BCUT2D eigenvalue weighted by Gasteiger charge is 2.17. The Bertz CT molecular complexity index is 565. The van der Waals surface area contributed by atoms with E-state index in [2.05, 4.69) is 20.6 Å². The van der Waals surface area contributed by atoms with Crippen LogP contribution in [0.2, 0.25) is 0 Å². The number of hydrogen-bond acceptors (Lipinski definition) is 4.